The SMILES string of the molecule is C=CCCCC(NCCC)C1C2C3CCC(C3)C21. The average Bonchev–Trinajstić information content (AvgIpc) is 2.81. The number of rotatable bonds is 8. The fourth-order valence-corrected chi connectivity index (χ4v) is 5.17. The summed E-state index contributed by atoms with van der Waals surface area (Å²) in [7, 11) is 0. The molecule has 0 saturated heterocycles. The summed E-state index contributed by atoms with van der Waals surface area (Å²) in [6.45, 7) is 7.35. The second-order valence-corrected chi connectivity index (χ2v) is 6.85. The standard InChI is InChI=1S/C17H29N/c1-3-5-6-7-14(18-10-4-2)17-15-12-8-9-13(11-12)16(15)17/h3,12-18H,1,4-11H2,2H3. The molecule has 3 rings (SSSR count). The van der Waals surface area contributed by atoms with Gasteiger partial charge in [-0.25, -0.2) is 0 Å². The molecule has 0 aliphatic heterocycles. The summed E-state index contributed by atoms with van der Waals surface area (Å²) >= 11 is 0. The molecule has 0 aromatic carbocycles. The Hall–Kier alpha value is -0.300. The number of allylic oxidation sites excluding steroid dienone is 1. The van der Waals surface area contributed by atoms with Gasteiger partial charge in [0.2, 0.25) is 0 Å². The third-order valence-corrected chi connectivity index (χ3v) is 5.84. The normalized spacial score (nSPS) is 41.7. The molecule has 0 radical (unpaired) electrons. The minimum atomic E-state index is 0.822. The molecule has 0 aromatic rings. The molecular formula is C17H29N. The lowest BCUT2D eigenvalue weighted by Gasteiger charge is -2.21. The first-order valence-electron chi connectivity index (χ1n) is 8.21. The number of fused-ring (bicyclic) bond motifs is 5. The van der Waals surface area contributed by atoms with Gasteiger partial charge >= 0.3 is 0 Å². The molecule has 0 aromatic heterocycles. The lowest BCUT2D eigenvalue weighted by atomic mass is 9.94. The summed E-state index contributed by atoms with van der Waals surface area (Å²) in [5.41, 5.74) is 0. The number of nitrogens with one attached hydrogen (secondary N) is 1. The van der Waals surface area contributed by atoms with Gasteiger partial charge in [-0.1, -0.05) is 13.0 Å². The summed E-state index contributed by atoms with van der Waals surface area (Å²) in [4.78, 5) is 0. The Morgan fingerprint density at radius 1 is 1.28 bits per heavy atom. The Balaban J connectivity index is 1.55. The van der Waals surface area contributed by atoms with Crippen molar-refractivity contribution in [2.45, 2.75) is 57.9 Å². The first-order valence-corrected chi connectivity index (χ1v) is 8.21. The summed E-state index contributed by atoms with van der Waals surface area (Å²) in [6, 6.07) is 0.822. The number of unbranched alkanes of at least 4 members (excludes halogenated alkanes) is 1. The first kappa shape index (κ1) is 12.7. The Bertz CT molecular complexity index is 282. The molecule has 3 aliphatic carbocycles. The van der Waals surface area contributed by atoms with Gasteiger partial charge in [-0.2, -0.15) is 0 Å². The van der Waals surface area contributed by atoms with E-state index in [1.54, 1.807) is 19.3 Å². The quantitative estimate of drug-likeness (QED) is 0.505. The topological polar surface area (TPSA) is 12.0 Å². The summed E-state index contributed by atoms with van der Waals surface area (Å²) < 4.78 is 0. The number of hydrogen-bond donors (Lipinski definition) is 1. The van der Waals surface area contributed by atoms with E-state index >= 15 is 0 Å². The molecule has 5 atom stereocenters. The van der Waals surface area contributed by atoms with Gasteiger partial charge in [-0.3, -0.25) is 0 Å². The monoisotopic (exact) mass is 247 g/mol. The molecule has 3 aliphatic rings. The van der Waals surface area contributed by atoms with Crippen LogP contribution >= 0.6 is 0 Å². The Kier molecular flexibility index (Phi) is 3.79. The summed E-state index contributed by atoms with van der Waals surface area (Å²) in [6.07, 6.45) is 11.9. The zero-order chi connectivity index (χ0) is 12.5. The average molecular weight is 247 g/mol. The molecule has 0 heterocycles. The predicted octanol–water partition coefficient (Wildman–Crippen LogP) is 4.00. The summed E-state index contributed by atoms with van der Waals surface area (Å²) in [5, 5.41) is 3.85. The smallest absolute Gasteiger partial charge is 0.0101 e. The van der Waals surface area contributed by atoms with Crippen LogP contribution < -0.4 is 5.32 Å². The molecule has 0 amide bonds. The molecular weight excluding hydrogens is 218 g/mol. The van der Waals surface area contributed by atoms with Crippen LogP contribution in [0.15, 0.2) is 12.7 Å². The molecule has 1 nitrogen and oxygen atoms in total. The number of hydrogen-bond acceptors (Lipinski definition) is 1. The highest BCUT2D eigenvalue weighted by Gasteiger charge is 2.66. The molecule has 102 valence electrons. The molecule has 0 spiro atoms. The van der Waals surface area contributed by atoms with Gasteiger partial charge in [0.25, 0.3) is 0 Å². The highest BCUT2D eigenvalue weighted by molar-refractivity contribution is 5.15. The van der Waals surface area contributed by atoms with Crippen LogP contribution in [0.3, 0.4) is 0 Å². The van der Waals surface area contributed by atoms with Crippen LogP contribution in [0.5, 0.6) is 0 Å². The maximum absolute atomic E-state index is 3.85. The molecule has 1 N–H and O–H groups in total. The van der Waals surface area contributed by atoms with Gasteiger partial charge in [0.1, 0.15) is 0 Å². The highest BCUT2D eigenvalue weighted by Crippen LogP contribution is 2.70. The minimum Gasteiger partial charge on any atom is -0.314 e. The molecule has 2 bridgehead atoms. The second kappa shape index (κ2) is 5.36. The van der Waals surface area contributed by atoms with Gasteiger partial charge < -0.3 is 5.32 Å². The van der Waals surface area contributed by atoms with Crippen molar-refractivity contribution in [2.75, 3.05) is 6.54 Å². The van der Waals surface area contributed by atoms with E-state index in [2.05, 4.69) is 24.9 Å². The van der Waals surface area contributed by atoms with Crippen molar-refractivity contribution in [3.05, 3.63) is 12.7 Å². The van der Waals surface area contributed by atoms with Crippen molar-refractivity contribution in [3.8, 4) is 0 Å². The van der Waals surface area contributed by atoms with Crippen LogP contribution in [-0.2, 0) is 0 Å². The van der Waals surface area contributed by atoms with Crippen LogP contribution in [0.25, 0.3) is 0 Å². The zero-order valence-corrected chi connectivity index (χ0v) is 11.9. The van der Waals surface area contributed by atoms with Crippen LogP contribution in [0.2, 0.25) is 0 Å². The van der Waals surface area contributed by atoms with E-state index in [9.17, 15) is 0 Å². The largest absolute Gasteiger partial charge is 0.314 e. The fraction of sp³-hybridized carbons (Fsp3) is 0.882. The van der Waals surface area contributed by atoms with Crippen LogP contribution in [-0.4, -0.2) is 12.6 Å². The Morgan fingerprint density at radius 2 is 2.00 bits per heavy atom. The molecule has 5 unspecified atom stereocenters. The van der Waals surface area contributed by atoms with E-state index in [1.807, 2.05) is 0 Å². The van der Waals surface area contributed by atoms with E-state index in [4.69, 9.17) is 0 Å². The molecule has 1 heteroatoms. The molecule has 18 heavy (non-hydrogen) atoms. The first-order chi connectivity index (χ1) is 8.86. The lowest BCUT2D eigenvalue weighted by Crippen LogP contribution is -2.34. The van der Waals surface area contributed by atoms with Crippen molar-refractivity contribution >= 4 is 0 Å². The highest BCUT2D eigenvalue weighted by atomic mass is 14.9. The molecule has 3 saturated carbocycles. The van der Waals surface area contributed by atoms with Crippen molar-refractivity contribution in [1.29, 1.82) is 0 Å². The molecule has 3 fully saturated rings. The minimum absolute atomic E-state index is 0.822. The third-order valence-electron chi connectivity index (χ3n) is 5.84. The third kappa shape index (κ3) is 2.15. The van der Waals surface area contributed by atoms with E-state index < -0.39 is 0 Å². The van der Waals surface area contributed by atoms with Crippen LogP contribution in [0, 0.1) is 29.6 Å². The summed E-state index contributed by atoms with van der Waals surface area (Å²) in [5.74, 6) is 5.54. The van der Waals surface area contributed by atoms with Gasteiger partial charge in [0.05, 0.1) is 0 Å². The van der Waals surface area contributed by atoms with E-state index in [0.717, 1.165) is 35.6 Å². The van der Waals surface area contributed by atoms with Gasteiger partial charge in [-0.15, -0.1) is 6.58 Å². The fourth-order valence-electron chi connectivity index (χ4n) is 5.17. The maximum atomic E-state index is 3.85. The van der Waals surface area contributed by atoms with E-state index in [1.165, 1.54) is 32.2 Å². The maximum Gasteiger partial charge on any atom is 0.0101 e. The van der Waals surface area contributed by atoms with E-state index in [-0.39, 0.29) is 0 Å². The van der Waals surface area contributed by atoms with Gasteiger partial charge in [0, 0.05) is 6.04 Å². The van der Waals surface area contributed by atoms with Crippen molar-refractivity contribution in [3.63, 3.8) is 0 Å². The van der Waals surface area contributed by atoms with E-state index in [0.29, 0.717) is 0 Å². The predicted molar refractivity (Wildman–Crippen MR) is 77.4 cm³/mol. The van der Waals surface area contributed by atoms with Crippen molar-refractivity contribution in [2.24, 2.45) is 29.6 Å². The van der Waals surface area contributed by atoms with Crippen LogP contribution in [0.1, 0.15) is 51.9 Å². The van der Waals surface area contributed by atoms with Gasteiger partial charge in [-0.05, 0) is 81.1 Å². The van der Waals surface area contributed by atoms with Crippen molar-refractivity contribution in [1.82, 2.24) is 5.32 Å². The van der Waals surface area contributed by atoms with Crippen molar-refractivity contribution < 1.29 is 0 Å². The lowest BCUT2D eigenvalue weighted by molar-refractivity contribution is 0.344. The van der Waals surface area contributed by atoms with Crippen LogP contribution in [0.4, 0.5) is 0 Å². The Labute approximate surface area is 112 Å². The van der Waals surface area contributed by atoms with Gasteiger partial charge in [0.15, 0.2) is 0 Å². The second-order valence-electron chi connectivity index (χ2n) is 6.85. The zero-order valence-electron chi connectivity index (χ0n) is 11.9. The Morgan fingerprint density at radius 3 is 2.61 bits per heavy atom.